The second-order valence-corrected chi connectivity index (χ2v) is 7.62. The highest BCUT2D eigenvalue weighted by molar-refractivity contribution is 5.92. The molecule has 1 atom stereocenters. The van der Waals surface area contributed by atoms with E-state index in [-0.39, 0.29) is 18.5 Å². The monoisotopic (exact) mass is 410 g/mol. The summed E-state index contributed by atoms with van der Waals surface area (Å²) in [7, 11) is 0. The third kappa shape index (κ3) is 6.73. The summed E-state index contributed by atoms with van der Waals surface area (Å²) in [6.45, 7) is 8.33. The van der Waals surface area contributed by atoms with Crippen LogP contribution in [-0.2, 0) is 4.79 Å². The first kappa shape index (κ1) is 21.6. The van der Waals surface area contributed by atoms with Crippen LogP contribution < -0.4 is 20.9 Å². The van der Waals surface area contributed by atoms with Gasteiger partial charge < -0.3 is 20.9 Å². The van der Waals surface area contributed by atoms with Crippen molar-refractivity contribution in [1.29, 1.82) is 0 Å². The Kier molecular flexibility index (Phi) is 7.62. The van der Waals surface area contributed by atoms with Gasteiger partial charge in [-0.05, 0) is 43.7 Å². The first-order valence-electron chi connectivity index (χ1n) is 10.3. The average Bonchev–Trinajstić information content (AvgIpc) is 2.73. The molecular formula is C22H30N6O2. The summed E-state index contributed by atoms with van der Waals surface area (Å²) in [5.41, 5.74) is 1.76. The van der Waals surface area contributed by atoms with Crippen LogP contribution in [0.3, 0.4) is 0 Å². The molecule has 0 radical (unpaired) electrons. The highest BCUT2D eigenvalue weighted by Gasteiger charge is 2.20. The van der Waals surface area contributed by atoms with Gasteiger partial charge in [-0.15, -0.1) is 0 Å². The molecule has 8 heteroatoms. The van der Waals surface area contributed by atoms with E-state index in [0.717, 1.165) is 44.1 Å². The van der Waals surface area contributed by atoms with E-state index in [9.17, 15) is 9.59 Å². The van der Waals surface area contributed by atoms with Gasteiger partial charge in [0.15, 0.2) is 0 Å². The number of amides is 3. The molecule has 2 heterocycles. The Balaban J connectivity index is 1.33. The summed E-state index contributed by atoms with van der Waals surface area (Å²) < 4.78 is 0. The smallest absolute Gasteiger partial charge is 0.319 e. The predicted molar refractivity (Wildman–Crippen MR) is 119 cm³/mol. The van der Waals surface area contributed by atoms with Gasteiger partial charge in [-0.1, -0.05) is 18.2 Å². The minimum absolute atomic E-state index is 0.000495. The van der Waals surface area contributed by atoms with Crippen LogP contribution >= 0.6 is 0 Å². The number of rotatable bonds is 7. The van der Waals surface area contributed by atoms with E-state index in [1.165, 1.54) is 0 Å². The maximum atomic E-state index is 12.2. The van der Waals surface area contributed by atoms with E-state index in [0.29, 0.717) is 5.69 Å². The summed E-state index contributed by atoms with van der Waals surface area (Å²) in [4.78, 5) is 33.1. The Bertz CT molecular complexity index is 837. The van der Waals surface area contributed by atoms with Crippen LogP contribution in [0.2, 0.25) is 0 Å². The van der Waals surface area contributed by atoms with Crippen LogP contribution in [0.5, 0.6) is 0 Å². The van der Waals surface area contributed by atoms with Crippen molar-refractivity contribution in [3.8, 4) is 0 Å². The Labute approximate surface area is 177 Å². The fourth-order valence-electron chi connectivity index (χ4n) is 3.52. The van der Waals surface area contributed by atoms with E-state index in [1.54, 1.807) is 0 Å². The molecule has 1 aliphatic heterocycles. The molecule has 1 aliphatic rings. The third-order valence-corrected chi connectivity index (χ3v) is 4.97. The van der Waals surface area contributed by atoms with Crippen molar-refractivity contribution >= 4 is 23.4 Å². The number of urea groups is 1. The van der Waals surface area contributed by atoms with Crippen LogP contribution in [0.1, 0.15) is 12.5 Å². The van der Waals surface area contributed by atoms with Gasteiger partial charge >= 0.3 is 6.03 Å². The lowest BCUT2D eigenvalue weighted by molar-refractivity contribution is -0.120. The van der Waals surface area contributed by atoms with Crippen molar-refractivity contribution in [2.75, 3.05) is 49.5 Å². The number of benzene rings is 1. The van der Waals surface area contributed by atoms with Gasteiger partial charge in [0.25, 0.3) is 0 Å². The van der Waals surface area contributed by atoms with E-state index in [2.05, 4.69) is 30.7 Å². The highest BCUT2D eigenvalue weighted by atomic mass is 16.2. The standard InChI is InChI=1S/C22H30N6O2/c1-17-6-5-7-19(14-17)26-22(30)24-15-21(29)25-18(2)16-27-10-12-28(13-11-27)20-8-3-4-9-23-20/h3-9,14,18H,10-13,15-16H2,1-2H3,(H,25,29)(H2,24,26,30). The summed E-state index contributed by atoms with van der Waals surface area (Å²) in [6.07, 6.45) is 1.81. The number of nitrogens with one attached hydrogen (secondary N) is 3. The first-order chi connectivity index (χ1) is 14.5. The summed E-state index contributed by atoms with van der Waals surface area (Å²) in [5.74, 6) is 0.808. The number of anilines is 2. The van der Waals surface area contributed by atoms with Crippen LogP contribution in [0.25, 0.3) is 0 Å². The van der Waals surface area contributed by atoms with E-state index >= 15 is 0 Å². The molecule has 1 saturated heterocycles. The Morgan fingerprint density at radius 1 is 1.10 bits per heavy atom. The number of carbonyl (C=O) groups excluding carboxylic acids is 2. The molecular weight excluding hydrogens is 380 g/mol. The van der Waals surface area contributed by atoms with Crippen molar-refractivity contribution in [1.82, 2.24) is 20.5 Å². The van der Waals surface area contributed by atoms with Crippen molar-refractivity contribution in [3.05, 3.63) is 54.2 Å². The second kappa shape index (κ2) is 10.6. The molecule has 8 nitrogen and oxygen atoms in total. The number of hydrogen-bond donors (Lipinski definition) is 3. The highest BCUT2D eigenvalue weighted by Crippen LogP contribution is 2.12. The normalized spacial score (nSPS) is 15.3. The minimum atomic E-state index is -0.394. The molecule has 3 N–H and O–H groups in total. The van der Waals surface area contributed by atoms with Crippen LogP contribution in [0.4, 0.5) is 16.3 Å². The average molecular weight is 411 g/mol. The number of pyridine rings is 1. The number of nitrogens with zero attached hydrogens (tertiary/aromatic N) is 3. The molecule has 1 aromatic heterocycles. The molecule has 0 spiro atoms. The Morgan fingerprint density at radius 2 is 1.90 bits per heavy atom. The number of piperazine rings is 1. The molecule has 0 saturated carbocycles. The summed E-state index contributed by atoms with van der Waals surface area (Å²) in [6, 6.07) is 13.1. The van der Waals surface area contributed by atoms with Gasteiger partial charge in [-0.2, -0.15) is 0 Å². The maximum absolute atomic E-state index is 12.2. The molecule has 1 unspecified atom stereocenters. The molecule has 2 aromatic rings. The Hall–Kier alpha value is -3.13. The number of hydrogen-bond acceptors (Lipinski definition) is 5. The molecule has 0 bridgehead atoms. The van der Waals surface area contributed by atoms with Crippen molar-refractivity contribution < 1.29 is 9.59 Å². The van der Waals surface area contributed by atoms with Gasteiger partial charge in [0.1, 0.15) is 5.82 Å². The lowest BCUT2D eigenvalue weighted by Gasteiger charge is -2.36. The lowest BCUT2D eigenvalue weighted by Crippen LogP contribution is -2.52. The van der Waals surface area contributed by atoms with Gasteiger partial charge in [0.2, 0.25) is 5.91 Å². The number of aromatic nitrogens is 1. The summed E-state index contributed by atoms with van der Waals surface area (Å²) in [5, 5.41) is 8.27. The maximum Gasteiger partial charge on any atom is 0.319 e. The van der Waals surface area contributed by atoms with Crippen molar-refractivity contribution in [2.24, 2.45) is 0 Å². The second-order valence-electron chi connectivity index (χ2n) is 7.62. The molecule has 30 heavy (non-hydrogen) atoms. The lowest BCUT2D eigenvalue weighted by atomic mass is 10.2. The molecule has 3 rings (SSSR count). The van der Waals surface area contributed by atoms with Crippen molar-refractivity contribution in [3.63, 3.8) is 0 Å². The zero-order valence-electron chi connectivity index (χ0n) is 17.6. The van der Waals surface area contributed by atoms with Crippen LogP contribution in [-0.4, -0.2) is 67.1 Å². The SMILES string of the molecule is Cc1cccc(NC(=O)NCC(=O)NC(C)CN2CCN(c3ccccn3)CC2)c1. The van der Waals surface area contributed by atoms with E-state index in [1.807, 2.05) is 62.5 Å². The third-order valence-electron chi connectivity index (χ3n) is 4.97. The van der Waals surface area contributed by atoms with Crippen molar-refractivity contribution in [2.45, 2.75) is 19.9 Å². The zero-order valence-corrected chi connectivity index (χ0v) is 17.6. The van der Waals surface area contributed by atoms with Crippen LogP contribution in [0, 0.1) is 6.92 Å². The molecule has 0 aliphatic carbocycles. The van der Waals surface area contributed by atoms with Gasteiger partial charge in [-0.3, -0.25) is 9.69 Å². The largest absolute Gasteiger partial charge is 0.354 e. The Morgan fingerprint density at radius 3 is 2.60 bits per heavy atom. The topological polar surface area (TPSA) is 89.6 Å². The number of carbonyl (C=O) groups is 2. The van der Waals surface area contributed by atoms with Gasteiger partial charge in [0.05, 0.1) is 6.54 Å². The van der Waals surface area contributed by atoms with Crippen LogP contribution in [0.15, 0.2) is 48.7 Å². The van der Waals surface area contributed by atoms with Gasteiger partial charge in [0, 0.05) is 50.6 Å². The summed E-state index contributed by atoms with van der Waals surface area (Å²) >= 11 is 0. The van der Waals surface area contributed by atoms with Gasteiger partial charge in [-0.25, -0.2) is 9.78 Å². The quantitative estimate of drug-likeness (QED) is 0.648. The van der Waals surface area contributed by atoms with E-state index in [4.69, 9.17) is 0 Å². The van der Waals surface area contributed by atoms with E-state index < -0.39 is 6.03 Å². The minimum Gasteiger partial charge on any atom is -0.354 e. The number of aryl methyl sites for hydroxylation is 1. The predicted octanol–water partition coefficient (Wildman–Crippen LogP) is 1.84. The zero-order chi connectivity index (χ0) is 21.3. The first-order valence-corrected chi connectivity index (χ1v) is 10.3. The molecule has 1 aromatic carbocycles. The molecule has 3 amide bonds. The molecule has 160 valence electrons. The fourth-order valence-corrected chi connectivity index (χ4v) is 3.52. The molecule has 1 fully saturated rings. The fraction of sp³-hybridized carbons (Fsp3) is 0.409.